The van der Waals surface area contributed by atoms with Gasteiger partial charge in [0.2, 0.25) is 0 Å². The van der Waals surface area contributed by atoms with Crippen molar-refractivity contribution in [1.82, 2.24) is 0 Å². The van der Waals surface area contributed by atoms with Gasteiger partial charge >= 0.3 is 0 Å². The zero-order valence-electron chi connectivity index (χ0n) is 15.6. The lowest BCUT2D eigenvalue weighted by Gasteiger charge is -2.57. The standard InChI is InChI=1S/C23H28O2/c1-15(24)22-10-12-23(13-11-22)20-7-4-16-14-17(25-3)5-6-18(16)19(20)8-9-21(22,23)2/h5-6,10,12,14,19-20H,4,7-9,11,13H2,1-3H3/t19-,20-,21-,22+,23?/m1/s1. The summed E-state index contributed by atoms with van der Waals surface area (Å²) in [6.45, 7) is 4.26. The molecule has 1 aromatic carbocycles. The fraction of sp³-hybridized carbons (Fsp3) is 0.609. The molecule has 0 heterocycles. The van der Waals surface area contributed by atoms with Gasteiger partial charge in [0, 0.05) is 0 Å². The lowest BCUT2D eigenvalue weighted by Crippen LogP contribution is -2.51. The minimum atomic E-state index is -0.182. The highest BCUT2D eigenvalue weighted by Gasteiger charge is 2.72. The van der Waals surface area contributed by atoms with Crippen molar-refractivity contribution in [2.45, 2.75) is 58.3 Å². The van der Waals surface area contributed by atoms with E-state index in [4.69, 9.17) is 4.74 Å². The number of rotatable bonds is 2. The molecule has 4 aliphatic carbocycles. The van der Waals surface area contributed by atoms with Crippen molar-refractivity contribution in [2.75, 3.05) is 7.11 Å². The normalized spacial score (nSPS) is 43.3. The van der Waals surface area contributed by atoms with Crippen LogP contribution in [0.5, 0.6) is 5.75 Å². The zero-order valence-corrected chi connectivity index (χ0v) is 15.6. The molecule has 0 amide bonds. The van der Waals surface area contributed by atoms with Crippen LogP contribution in [0.3, 0.4) is 0 Å². The molecule has 4 aliphatic rings. The molecule has 1 unspecified atom stereocenters. The first-order valence-electron chi connectivity index (χ1n) is 9.86. The Morgan fingerprint density at radius 3 is 2.68 bits per heavy atom. The summed E-state index contributed by atoms with van der Waals surface area (Å²) in [6.07, 6.45) is 11.9. The number of methoxy groups -OCH3 is 1. The summed E-state index contributed by atoms with van der Waals surface area (Å²) < 4.78 is 5.44. The van der Waals surface area contributed by atoms with Crippen molar-refractivity contribution < 1.29 is 9.53 Å². The second-order valence-electron chi connectivity index (χ2n) is 9.09. The van der Waals surface area contributed by atoms with Gasteiger partial charge in [-0.3, -0.25) is 4.79 Å². The number of aryl methyl sites for hydroxylation is 1. The average molecular weight is 336 g/mol. The molecule has 2 saturated carbocycles. The highest BCUT2D eigenvalue weighted by atomic mass is 16.5. The lowest BCUT2D eigenvalue weighted by molar-refractivity contribution is -0.133. The first-order chi connectivity index (χ1) is 12.0. The van der Waals surface area contributed by atoms with Gasteiger partial charge in [0.1, 0.15) is 11.5 Å². The minimum absolute atomic E-state index is 0.136. The topological polar surface area (TPSA) is 26.3 Å². The Hall–Kier alpha value is -1.57. The molecule has 0 aliphatic heterocycles. The number of allylic oxidation sites excluding steroid dienone is 2. The average Bonchev–Trinajstić information content (AvgIpc) is 3.06. The van der Waals surface area contributed by atoms with E-state index in [1.807, 2.05) is 6.92 Å². The fourth-order valence-corrected chi connectivity index (χ4v) is 7.49. The molecule has 0 N–H and O–H groups in total. The number of Topliss-reactive ketones (excluding diaryl/α,β-unsaturated/α-hetero) is 1. The SMILES string of the molecule is COc1ccc2c(c1)CC[C@@H]1[C@@H]2CC[C@@]2(C)C13C=C[C@@]2(C(C)=O)CC3. The summed E-state index contributed by atoms with van der Waals surface area (Å²) in [4.78, 5) is 12.6. The molecule has 5 atom stereocenters. The molecular weight excluding hydrogens is 308 g/mol. The predicted octanol–water partition coefficient (Wildman–Crippen LogP) is 5.07. The molecule has 2 nitrogen and oxygen atoms in total. The van der Waals surface area contributed by atoms with E-state index in [0.29, 0.717) is 17.6 Å². The number of carbonyl (C=O) groups is 1. The Balaban J connectivity index is 1.60. The van der Waals surface area contributed by atoms with E-state index in [0.717, 1.165) is 18.6 Å². The largest absolute Gasteiger partial charge is 0.497 e. The van der Waals surface area contributed by atoms with Gasteiger partial charge in [-0.05, 0) is 91.4 Å². The Bertz CT molecular complexity index is 793. The van der Waals surface area contributed by atoms with E-state index in [-0.39, 0.29) is 16.2 Å². The molecule has 1 aromatic rings. The predicted molar refractivity (Wildman–Crippen MR) is 98.8 cm³/mol. The number of benzene rings is 1. The molecule has 2 heteroatoms. The second-order valence-corrected chi connectivity index (χ2v) is 9.09. The van der Waals surface area contributed by atoms with Gasteiger partial charge in [-0.1, -0.05) is 25.1 Å². The van der Waals surface area contributed by atoms with Crippen LogP contribution in [0, 0.1) is 22.2 Å². The van der Waals surface area contributed by atoms with Gasteiger partial charge in [-0.25, -0.2) is 0 Å². The van der Waals surface area contributed by atoms with Crippen LogP contribution < -0.4 is 4.74 Å². The van der Waals surface area contributed by atoms with Gasteiger partial charge < -0.3 is 4.74 Å². The number of ketones is 1. The van der Waals surface area contributed by atoms with Crippen LogP contribution in [0.1, 0.15) is 63.0 Å². The summed E-state index contributed by atoms with van der Waals surface area (Å²) in [7, 11) is 1.75. The first kappa shape index (κ1) is 15.7. The third-order valence-electron chi connectivity index (χ3n) is 8.82. The van der Waals surface area contributed by atoms with Gasteiger partial charge in [-0.2, -0.15) is 0 Å². The van der Waals surface area contributed by atoms with Crippen molar-refractivity contribution in [1.29, 1.82) is 0 Å². The maximum Gasteiger partial charge on any atom is 0.140 e. The van der Waals surface area contributed by atoms with Crippen LogP contribution in [0.4, 0.5) is 0 Å². The zero-order chi connectivity index (χ0) is 17.4. The molecule has 25 heavy (non-hydrogen) atoms. The smallest absolute Gasteiger partial charge is 0.140 e. The van der Waals surface area contributed by atoms with Crippen molar-refractivity contribution >= 4 is 5.78 Å². The Morgan fingerprint density at radius 2 is 2.00 bits per heavy atom. The monoisotopic (exact) mass is 336 g/mol. The molecule has 2 fully saturated rings. The maximum absolute atomic E-state index is 12.6. The van der Waals surface area contributed by atoms with Crippen molar-refractivity contribution in [3.63, 3.8) is 0 Å². The Kier molecular flexibility index (Phi) is 2.99. The summed E-state index contributed by atoms with van der Waals surface area (Å²) in [5.41, 5.74) is 3.22. The van der Waals surface area contributed by atoms with Crippen molar-refractivity contribution in [3.05, 3.63) is 41.5 Å². The highest BCUT2D eigenvalue weighted by Crippen LogP contribution is 2.78. The minimum Gasteiger partial charge on any atom is -0.497 e. The molecule has 0 spiro atoms. The van der Waals surface area contributed by atoms with E-state index in [1.54, 1.807) is 12.7 Å². The van der Waals surface area contributed by atoms with Crippen LogP contribution in [0.15, 0.2) is 30.4 Å². The number of ether oxygens (including phenoxy) is 1. The van der Waals surface area contributed by atoms with E-state index >= 15 is 0 Å². The van der Waals surface area contributed by atoms with Gasteiger partial charge in [0.15, 0.2) is 0 Å². The van der Waals surface area contributed by atoms with Crippen LogP contribution in [0.25, 0.3) is 0 Å². The fourth-order valence-electron chi connectivity index (χ4n) is 7.49. The molecule has 5 rings (SSSR count). The van der Waals surface area contributed by atoms with E-state index in [9.17, 15) is 4.79 Å². The van der Waals surface area contributed by atoms with Crippen molar-refractivity contribution in [3.8, 4) is 5.75 Å². The summed E-state index contributed by atoms with van der Waals surface area (Å²) in [5, 5.41) is 0. The van der Waals surface area contributed by atoms with Crippen LogP contribution in [-0.2, 0) is 11.2 Å². The second kappa shape index (κ2) is 4.78. The van der Waals surface area contributed by atoms with Crippen molar-refractivity contribution in [2.24, 2.45) is 22.2 Å². The van der Waals surface area contributed by atoms with Crippen LogP contribution >= 0.6 is 0 Å². The summed E-state index contributed by atoms with van der Waals surface area (Å²) >= 11 is 0. The number of fused-ring (bicyclic) bond motifs is 3. The number of hydrogen-bond donors (Lipinski definition) is 0. The Morgan fingerprint density at radius 1 is 1.16 bits per heavy atom. The summed E-state index contributed by atoms with van der Waals surface area (Å²) in [6, 6.07) is 6.69. The first-order valence-corrected chi connectivity index (χ1v) is 9.86. The molecule has 132 valence electrons. The van der Waals surface area contributed by atoms with E-state index in [2.05, 4.69) is 37.3 Å². The molecular formula is C23H28O2. The van der Waals surface area contributed by atoms with E-state index < -0.39 is 0 Å². The van der Waals surface area contributed by atoms with E-state index in [1.165, 1.54) is 31.2 Å². The lowest BCUT2D eigenvalue weighted by atomic mass is 9.46. The molecule has 0 aromatic heterocycles. The molecule has 2 bridgehead atoms. The van der Waals surface area contributed by atoms with Gasteiger partial charge in [-0.15, -0.1) is 0 Å². The quantitative estimate of drug-likeness (QED) is 0.705. The van der Waals surface area contributed by atoms with Gasteiger partial charge in [0.05, 0.1) is 12.5 Å². The third kappa shape index (κ3) is 1.60. The molecule has 0 radical (unpaired) electrons. The number of hydrogen-bond acceptors (Lipinski definition) is 2. The summed E-state index contributed by atoms with van der Waals surface area (Å²) in [5.74, 6) is 2.71. The molecule has 0 saturated heterocycles. The third-order valence-corrected chi connectivity index (χ3v) is 8.82. The highest BCUT2D eigenvalue weighted by molar-refractivity contribution is 5.87. The van der Waals surface area contributed by atoms with Crippen LogP contribution in [-0.4, -0.2) is 12.9 Å². The van der Waals surface area contributed by atoms with Crippen LogP contribution in [0.2, 0.25) is 0 Å². The number of carbonyl (C=O) groups excluding carboxylic acids is 1. The van der Waals surface area contributed by atoms with Gasteiger partial charge in [0.25, 0.3) is 0 Å². The Labute approximate surface area is 150 Å². The maximum atomic E-state index is 12.6.